The predicted octanol–water partition coefficient (Wildman–Crippen LogP) is 1.21. The molecular weight excluding hydrogens is 136 g/mol. The minimum absolute atomic E-state index is 0.0165. The van der Waals surface area contributed by atoms with Gasteiger partial charge in [-0.3, -0.25) is 0 Å². The second-order valence-electron chi connectivity index (χ2n) is 4.33. The van der Waals surface area contributed by atoms with Crippen molar-refractivity contribution >= 4 is 0 Å². The van der Waals surface area contributed by atoms with E-state index in [0.717, 1.165) is 6.54 Å². The van der Waals surface area contributed by atoms with E-state index in [4.69, 9.17) is 5.73 Å². The number of likely N-dealkylation sites (tertiary alicyclic amines) is 1. The van der Waals surface area contributed by atoms with Crippen molar-refractivity contribution in [2.45, 2.75) is 38.6 Å². The van der Waals surface area contributed by atoms with Gasteiger partial charge in [-0.05, 0) is 39.8 Å². The molecule has 2 nitrogen and oxygen atoms in total. The first-order valence-electron chi connectivity index (χ1n) is 4.59. The van der Waals surface area contributed by atoms with Gasteiger partial charge in [0.25, 0.3) is 0 Å². The van der Waals surface area contributed by atoms with Crippen LogP contribution < -0.4 is 5.73 Å². The number of piperidine rings is 1. The molecule has 1 aliphatic rings. The summed E-state index contributed by atoms with van der Waals surface area (Å²) in [6, 6.07) is 0. The molecule has 0 aromatic rings. The van der Waals surface area contributed by atoms with Crippen LogP contribution in [0.3, 0.4) is 0 Å². The van der Waals surface area contributed by atoms with Crippen molar-refractivity contribution in [3.05, 3.63) is 0 Å². The van der Waals surface area contributed by atoms with Crippen molar-refractivity contribution in [1.29, 1.82) is 0 Å². The highest BCUT2D eigenvalue weighted by Gasteiger charge is 2.17. The molecule has 1 rings (SSSR count). The maximum absolute atomic E-state index is 5.92. The van der Waals surface area contributed by atoms with Crippen LogP contribution in [0.4, 0.5) is 0 Å². The fourth-order valence-electron chi connectivity index (χ4n) is 1.69. The number of rotatable bonds is 2. The lowest BCUT2D eigenvalue weighted by molar-refractivity contribution is 0.192. The van der Waals surface area contributed by atoms with Crippen LogP contribution in [-0.2, 0) is 0 Å². The summed E-state index contributed by atoms with van der Waals surface area (Å²) >= 11 is 0. The van der Waals surface area contributed by atoms with Gasteiger partial charge >= 0.3 is 0 Å². The Bertz CT molecular complexity index is 109. The van der Waals surface area contributed by atoms with E-state index in [1.165, 1.54) is 32.4 Å². The maximum Gasteiger partial charge on any atom is 0.0226 e. The van der Waals surface area contributed by atoms with E-state index in [9.17, 15) is 0 Å². The molecule has 2 N–H and O–H groups in total. The molecule has 1 saturated heterocycles. The molecule has 0 aromatic carbocycles. The summed E-state index contributed by atoms with van der Waals surface area (Å²) in [5.41, 5.74) is 5.91. The Morgan fingerprint density at radius 2 is 1.73 bits per heavy atom. The van der Waals surface area contributed by atoms with Crippen LogP contribution in [0.5, 0.6) is 0 Å². The van der Waals surface area contributed by atoms with Gasteiger partial charge in [0.2, 0.25) is 0 Å². The Balaban J connectivity index is 2.24. The zero-order valence-corrected chi connectivity index (χ0v) is 7.77. The molecule has 0 spiro atoms. The van der Waals surface area contributed by atoms with Crippen LogP contribution in [0.1, 0.15) is 33.1 Å². The number of hydrogen-bond donors (Lipinski definition) is 1. The quantitative estimate of drug-likeness (QED) is 0.651. The first-order chi connectivity index (χ1) is 5.08. The first-order valence-corrected chi connectivity index (χ1v) is 4.59. The molecule has 66 valence electrons. The molecule has 0 saturated carbocycles. The van der Waals surface area contributed by atoms with Crippen LogP contribution >= 0.6 is 0 Å². The van der Waals surface area contributed by atoms with Crippen LogP contribution in [0, 0.1) is 0 Å². The second kappa shape index (κ2) is 3.55. The summed E-state index contributed by atoms with van der Waals surface area (Å²) in [4.78, 5) is 2.48. The zero-order valence-electron chi connectivity index (χ0n) is 7.77. The highest BCUT2D eigenvalue weighted by molar-refractivity contribution is 4.78. The van der Waals surface area contributed by atoms with Gasteiger partial charge in [0.05, 0.1) is 0 Å². The van der Waals surface area contributed by atoms with E-state index in [2.05, 4.69) is 18.7 Å². The summed E-state index contributed by atoms with van der Waals surface area (Å²) in [6.45, 7) is 7.75. The standard InChI is InChI=1S/C9H20N2/c1-9(2,10)8-11-6-4-3-5-7-11/h3-8,10H2,1-2H3. The lowest BCUT2D eigenvalue weighted by atomic mass is 10.0. The van der Waals surface area contributed by atoms with Gasteiger partial charge in [-0.1, -0.05) is 6.42 Å². The van der Waals surface area contributed by atoms with Crippen molar-refractivity contribution in [2.24, 2.45) is 5.73 Å². The summed E-state index contributed by atoms with van der Waals surface area (Å²) in [6.07, 6.45) is 4.12. The third-order valence-corrected chi connectivity index (χ3v) is 2.08. The minimum Gasteiger partial charge on any atom is -0.324 e. The molecule has 1 aliphatic heterocycles. The fourth-order valence-corrected chi connectivity index (χ4v) is 1.69. The molecule has 0 amide bonds. The van der Waals surface area contributed by atoms with Crippen LogP contribution in [0.2, 0.25) is 0 Å². The molecule has 1 fully saturated rings. The number of nitrogens with two attached hydrogens (primary N) is 1. The second-order valence-corrected chi connectivity index (χ2v) is 4.33. The topological polar surface area (TPSA) is 29.3 Å². The summed E-state index contributed by atoms with van der Waals surface area (Å²) in [5.74, 6) is 0. The van der Waals surface area contributed by atoms with Gasteiger partial charge in [-0.15, -0.1) is 0 Å². The Morgan fingerprint density at radius 1 is 1.18 bits per heavy atom. The molecule has 2 heteroatoms. The average molecular weight is 156 g/mol. The van der Waals surface area contributed by atoms with Gasteiger partial charge in [0.1, 0.15) is 0 Å². The van der Waals surface area contributed by atoms with Crippen LogP contribution in [-0.4, -0.2) is 30.1 Å². The van der Waals surface area contributed by atoms with Gasteiger partial charge in [-0.25, -0.2) is 0 Å². The van der Waals surface area contributed by atoms with Crippen molar-refractivity contribution < 1.29 is 0 Å². The van der Waals surface area contributed by atoms with E-state index in [0.29, 0.717) is 0 Å². The van der Waals surface area contributed by atoms with Gasteiger partial charge in [0.15, 0.2) is 0 Å². The average Bonchev–Trinajstić information content (AvgIpc) is 1.85. The summed E-state index contributed by atoms with van der Waals surface area (Å²) in [7, 11) is 0. The molecular formula is C9H20N2. The predicted molar refractivity (Wildman–Crippen MR) is 48.6 cm³/mol. The van der Waals surface area contributed by atoms with Crippen molar-refractivity contribution in [2.75, 3.05) is 19.6 Å². The Morgan fingerprint density at radius 3 is 2.18 bits per heavy atom. The van der Waals surface area contributed by atoms with Crippen molar-refractivity contribution in [3.63, 3.8) is 0 Å². The van der Waals surface area contributed by atoms with Crippen molar-refractivity contribution in [3.8, 4) is 0 Å². The van der Waals surface area contributed by atoms with E-state index >= 15 is 0 Å². The third-order valence-electron chi connectivity index (χ3n) is 2.08. The summed E-state index contributed by atoms with van der Waals surface area (Å²) < 4.78 is 0. The molecule has 0 bridgehead atoms. The largest absolute Gasteiger partial charge is 0.324 e. The van der Waals surface area contributed by atoms with E-state index in [1.807, 2.05) is 0 Å². The Labute approximate surface area is 69.8 Å². The molecule has 11 heavy (non-hydrogen) atoms. The molecule has 0 atom stereocenters. The van der Waals surface area contributed by atoms with Gasteiger partial charge in [-0.2, -0.15) is 0 Å². The van der Waals surface area contributed by atoms with Crippen LogP contribution in [0.25, 0.3) is 0 Å². The van der Waals surface area contributed by atoms with E-state index < -0.39 is 0 Å². The number of hydrogen-bond acceptors (Lipinski definition) is 2. The molecule has 0 aliphatic carbocycles. The van der Waals surface area contributed by atoms with E-state index in [-0.39, 0.29) is 5.54 Å². The molecule has 0 radical (unpaired) electrons. The fraction of sp³-hybridized carbons (Fsp3) is 1.00. The highest BCUT2D eigenvalue weighted by Crippen LogP contribution is 2.11. The SMILES string of the molecule is CC(C)(N)CN1CCCCC1. The smallest absolute Gasteiger partial charge is 0.0226 e. The van der Waals surface area contributed by atoms with Crippen molar-refractivity contribution in [1.82, 2.24) is 4.90 Å². The minimum atomic E-state index is -0.0165. The first kappa shape index (κ1) is 9.01. The third kappa shape index (κ3) is 3.73. The lowest BCUT2D eigenvalue weighted by Gasteiger charge is -2.32. The molecule has 1 heterocycles. The Hall–Kier alpha value is -0.0800. The van der Waals surface area contributed by atoms with E-state index in [1.54, 1.807) is 0 Å². The summed E-state index contributed by atoms with van der Waals surface area (Å²) in [5, 5.41) is 0. The Kier molecular flexibility index (Phi) is 2.90. The normalized spacial score (nSPS) is 22.1. The lowest BCUT2D eigenvalue weighted by Crippen LogP contribution is -2.46. The van der Waals surface area contributed by atoms with Crippen LogP contribution in [0.15, 0.2) is 0 Å². The molecule has 0 aromatic heterocycles. The monoisotopic (exact) mass is 156 g/mol. The maximum atomic E-state index is 5.92. The number of nitrogens with zero attached hydrogens (tertiary/aromatic N) is 1. The zero-order chi connectivity index (χ0) is 8.32. The highest BCUT2D eigenvalue weighted by atomic mass is 15.1. The molecule has 0 unspecified atom stereocenters. The van der Waals surface area contributed by atoms with Gasteiger partial charge in [0, 0.05) is 12.1 Å². The van der Waals surface area contributed by atoms with Gasteiger partial charge < -0.3 is 10.6 Å².